The van der Waals surface area contributed by atoms with E-state index >= 15 is 0 Å². The highest BCUT2D eigenvalue weighted by molar-refractivity contribution is 7.73. The van der Waals surface area contributed by atoms with Crippen LogP contribution in [-0.4, -0.2) is 19.8 Å². The number of benzene rings is 1. The van der Waals surface area contributed by atoms with Crippen LogP contribution in [0.1, 0.15) is 12.8 Å². The highest BCUT2D eigenvalue weighted by Crippen LogP contribution is 2.10. The predicted octanol–water partition coefficient (Wildman–Crippen LogP) is 0.268. The number of ether oxygens (including phenoxy) is 1. The fourth-order valence-electron chi connectivity index (χ4n) is 1.04. The van der Waals surface area contributed by atoms with Crippen LogP contribution in [0.15, 0.2) is 30.3 Å². The van der Waals surface area contributed by atoms with E-state index in [2.05, 4.69) is 0 Å². The van der Waals surface area contributed by atoms with E-state index in [1.165, 1.54) is 0 Å². The molecule has 1 rings (SSSR count). The van der Waals surface area contributed by atoms with Gasteiger partial charge in [0, 0.05) is 6.42 Å². The van der Waals surface area contributed by atoms with E-state index in [0.29, 0.717) is 5.75 Å². The quantitative estimate of drug-likeness (QED) is 0.440. The van der Waals surface area contributed by atoms with Crippen molar-refractivity contribution in [3.05, 3.63) is 30.3 Å². The van der Waals surface area contributed by atoms with Crippen LogP contribution in [0.3, 0.4) is 0 Å². The molecular formula is C10H13NO4S. The van der Waals surface area contributed by atoms with Crippen LogP contribution >= 0.6 is 0 Å². The molecule has 0 aromatic heterocycles. The van der Waals surface area contributed by atoms with Gasteiger partial charge < -0.3 is 10.5 Å². The van der Waals surface area contributed by atoms with E-state index in [9.17, 15) is 13.2 Å². The Kier molecular flexibility index (Phi) is 4.94. The van der Waals surface area contributed by atoms with Crippen LogP contribution in [-0.2, 0) is 15.5 Å². The van der Waals surface area contributed by atoms with Gasteiger partial charge in [-0.3, -0.25) is 4.79 Å². The molecule has 0 fully saturated rings. The zero-order valence-electron chi connectivity index (χ0n) is 8.54. The topological polar surface area (TPSA) is 86.5 Å². The summed E-state index contributed by atoms with van der Waals surface area (Å²) in [5, 5.41) is -0.988. The molecule has 0 saturated heterocycles. The Morgan fingerprint density at radius 3 is 2.50 bits per heavy atom. The molecule has 2 N–H and O–H groups in total. The van der Waals surface area contributed by atoms with E-state index in [1.54, 1.807) is 30.3 Å². The minimum absolute atomic E-state index is 0.0145. The molecule has 0 bridgehead atoms. The molecule has 1 aromatic rings. The summed E-state index contributed by atoms with van der Waals surface area (Å²) in [5.74, 6) is -0.0499. The molecular weight excluding hydrogens is 230 g/mol. The van der Waals surface area contributed by atoms with E-state index < -0.39 is 22.0 Å². The van der Waals surface area contributed by atoms with Gasteiger partial charge in [-0.2, -0.15) is 0 Å². The minimum Gasteiger partial charge on any atom is -0.427 e. The van der Waals surface area contributed by atoms with Crippen molar-refractivity contribution >= 4 is 16.7 Å². The van der Waals surface area contributed by atoms with Crippen molar-refractivity contribution in [3.8, 4) is 5.75 Å². The molecule has 1 atom stereocenters. The van der Waals surface area contributed by atoms with Crippen molar-refractivity contribution in [2.75, 3.05) is 0 Å². The van der Waals surface area contributed by atoms with Crippen molar-refractivity contribution in [1.82, 2.24) is 0 Å². The number of para-hydroxylation sites is 1. The highest BCUT2D eigenvalue weighted by Gasteiger charge is 2.10. The average molecular weight is 243 g/mol. The highest BCUT2D eigenvalue weighted by atomic mass is 32.2. The fourth-order valence-corrected chi connectivity index (χ4v) is 1.38. The number of hydrogen-bond donors (Lipinski definition) is 2. The molecule has 0 aliphatic carbocycles. The van der Waals surface area contributed by atoms with Gasteiger partial charge >= 0.3 is 5.97 Å². The lowest BCUT2D eigenvalue weighted by Gasteiger charge is -2.05. The third-order valence-electron chi connectivity index (χ3n) is 1.89. The first-order valence-corrected chi connectivity index (χ1v) is 5.99. The third kappa shape index (κ3) is 4.41. The normalized spacial score (nSPS) is 12.4. The Morgan fingerprint density at radius 1 is 1.31 bits per heavy atom. The first kappa shape index (κ1) is 12.7. The summed E-state index contributed by atoms with van der Waals surface area (Å²) in [6.45, 7) is 0. The Balaban J connectivity index is 2.37. The maximum Gasteiger partial charge on any atom is 0.311 e. The van der Waals surface area contributed by atoms with Crippen molar-refractivity contribution < 1.29 is 17.9 Å². The lowest BCUT2D eigenvalue weighted by Crippen LogP contribution is -2.23. The van der Waals surface area contributed by atoms with Crippen molar-refractivity contribution in [2.24, 2.45) is 5.73 Å². The second-order valence-electron chi connectivity index (χ2n) is 3.18. The number of rotatable bonds is 5. The molecule has 88 valence electrons. The zero-order chi connectivity index (χ0) is 12.0. The summed E-state index contributed by atoms with van der Waals surface area (Å²) in [6.07, 6.45) is 0.0593. The lowest BCUT2D eigenvalue weighted by atomic mass is 10.3. The van der Waals surface area contributed by atoms with Crippen LogP contribution in [0, 0.1) is 0 Å². The van der Waals surface area contributed by atoms with Gasteiger partial charge in [0.1, 0.15) is 11.1 Å². The van der Waals surface area contributed by atoms with Gasteiger partial charge in [-0.05, 0) is 18.6 Å². The Labute approximate surface area is 95.2 Å². The molecule has 0 spiro atoms. The van der Waals surface area contributed by atoms with Gasteiger partial charge in [-0.25, -0.2) is 8.42 Å². The summed E-state index contributed by atoms with van der Waals surface area (Å²) in [7, 11) is -2.68. The summed E-state index contributed by atoms with van der Waals surface area (Å²) < 4.78 is 25.8. The van der Waals surface area contributed by atoms with E-state index in [1.807, 2.05) is 0 Å². The average Bonchev–Trinajstić information content (AvgIpc) is 2.27. The van der Waals surface area contributed by atoms with Crippen LogP contribution in [0.2, 0.25) is 0 Å². The van der Waals surface area contributed by atoms with E-state index in [-0.39, 0.29) is 12.8 Å². The van der Waals surface area contributed by atoms with Crippen LogP contribution in [0.4, 0.5) is 0 Å². The lowest BCUT2D eigenvalue weighted by molar-refractivity contribution is -0.134. The molecule has 0 aliphatic rings. The molecule has 5 nitrogen and oxygen atoms in total. The second kappa shape index (κ2) is 6.24. The van der Waals surface area contributed by atoms with E-state index in [0.717, 1.165) is 0 Å². The molecule has 16 heavy (non-hydrogen) atoms. The largest absolute Gasteiger partial charge is 0.427 e. The van der Waals surface area contributed by atoms with Crippen molar-refractivity contribution in [3.63, 3.8) is 0 Å². The number of carbonyl (C=O) groups excluding carboxylic acids is 1. The molecule has 0 radical (unpaired) electrons. The summed E-state index contributed by atoms with van der Waals surface area (Å²) in [5.41, 5.74) is 5.25. The standard InChI is InChI=1S/C10H13NO4S/c11-9(16(13)14)6-7-10(12)15-8-4-2-1-3-5-8/h1-5,9,16H,6-7,11H2. The van der Waals surface area contributed by atoms with Gasteiger partial charge in [0.15, 0.2) is 10.7 Å². The second-order valence-corrected chi connectivity index (χ2v) is 4.41. The zero-order valence-corrected chi connectivity index (χ0v) is 9.43. The van der Waals surface area contributed by atoms with Crippen molar-refractivity contribution in [2.45, 2.75) is 18.2 Å². The fraction of sp³-hybridized carbons (Fsp3) is 0.300. The van der Waals surface area contributed by atoms with E-state index in [4.69, 9.17) is 10.5 Å². The van der Waals surface area contributed by atoms with Gasteiger partial charge in [0.05, 0.1) is 0 Å². The van der Waals surface area contributed by atoms with Crippen LogP contribution < -0.4 is 10.5 Å². The molecule has 0 heterocycles. The molecule has 6 heteroatoms. The maximum absolute atomic E-state index is 11.3. The van der Waals surface area contributed by atoms with Crippen molar-refractivity contribution in [1.29, 1.82) is 0 Å². The summed E-state index contributed by atoms with van der Waals surface area (Å²) >= 11 is 0. The summed E-state index contributed by atoms with van der Waals surface area (Å²) in [4.78, 5) is 11.3. The predicted molar refractivity (Wildman–Crippen MR) is 59.6 cm³/mol. The number of hydrogen-bond acceptors (Lipinski definition) is 5. The first-order chi connectivity index (χ1) is 7.59. The van der Waals surface area contributed by atoms with Gasteiger partial charge in [0.25, 0.3) is 0 Å². The Bertz CT molecular complexity index is 408. The van der Waals surface area contributed by atoms with Gasteiger partial charge in [-0.15, -0.1) is 0 Å². The minimum atomic E-state index is -2.68. The molecule has 1 unspecified atom stereocenters. The SMILES string of the molecule is NC(CCC(=O)Oc1ccccc1)[SH](=O)=O. The third-order valence-corrected chi connectivity index (χ3v) is 2.69. The number of esters is 1. The number of nitrogens with two attached hydrogens (primary N) is 1. The van der Waals surface area contributed by atoms with Crippen LogP contribution in [0.25, 0.3) is 0 Å². The number of thiol groups is 1. The molecule has 1 aromatic carbocycles. The Hall–Kier alpha value is -1.40. The van der Waals surface area contributed by atoms with Gasteiger partial charge in [0.2, 0.25) is 0 Å². The molecule has 0 aliphatic heterocycles. The van der Waals surface area contributed by atoms with Crippen LogP contribution in [0.5, 0.6) is 5.75 Å². The van der Waals surface area contributed by atoms with Gasteiger partial charge in [-0.1, -0.05) is 18.2 Å². The smallest absolute Gasteiger partial charge is 0.311 e. The molecule has 0 saturated carbocycles. The monoisotopic (exact) mass is 243 g/mol. The molecule has 0 amide bonds. The maximum atomic E-state index is 11.3. The first-order valence-electron chi connectivity index (χ1n) is 4.74. The number of carbonyl (C=O) groups is 1. The Morgan fingerprint density at radius 2 is 1.94 bits per heavy atom. The summed E-state index contributed by atoms with van der Waals surface area (Å²) in [6, 6.07) is 8.57.